The number of benzene rings is 1. The van der Waals surface area contributed by atoms with Crippen LogP contribution in [0.5, 0.6) is 0 Å². The van der Waals surface area contributed by atoms with Crippen LogP contribution in [-0.4, -0.2) is 46.2 Å². The molecule has 2 aliphatic rings. The zero-order valence-electron chi connectivity index (χ0n) is 16.3. The highest BCUT2D eigenvalue weighted by Gasteiger charge is 2.47. The Labute approximate surface area is 161 Å². The molecule has 6 heteroatoms. The second-order valence-electron chi connectivity index (χ2n) is 8.16. The second kappa shape index (κ2) is 8.11. The third-order valence-electron chi connectivity index (χ3n) is 5.55. The molecule has 1 saturated heterocycles. The van der Waals surface area contributed by atoms with Crippen molar-refractivity contribution in [1.82, 2.24) is 9.80 Å². The van der Waals surface area contributed by atoms with Gasteiger partial charge in [-0.05, 0) is 24.3 Å². The Bertz CT molecular complexity index is 707. The van der Waals surface area contributed by atoms with Crippen molar-refractivity contribution in [2.45, 2.75) is 64.5 Å². The molecule has 3 rings (SSSR count). The van der Waals surface area contributed by atoms with Gasteiger partial charge in [-0.1, -0.05) is 57.4 Å². The number of nitrogens with two attached hydrogens (primary N) is 1. The molecule has 27 heavy (non-hydrogen) atoms. The Morgan fingerprint density at radius 1 is 1.15 bits per heavy atom. The average molecular weight is 370 g/mol. The first-order valence-corrected chi connectivity index (χ1v) is 9.95. The fraction of sp³-hybridized carbons (Fsp3) is 0.571. The maximum Gasteiger partial charge on any atom is 0.327 e. The van der Waals surface area contributed by atoms with Crippen molar-refractivity contribution in [3.63, 3.8) is 0 Å². The van der Waals surface area contributed by atoms with Gasteiger partial charge >= 0.3 is 6.03 Å². The van der Waals surface area contributed by atoms with Gasteiger partial charge in [-0.2, -0.15) is 0 Å². The van der Waals surface area contributed by atoms with Gasteiger partial charge in [0.25, 0.3) is 5.91 Å². The topological polar surface area (TPSA) is 90.5 Å². The number of hydrogen-bond donors (Lipinski definition) is 2. The van der Waals surface area contributed by atoms with Crippen LogP contribution in [0.2, 0.25) is 0 Å². The van der Waals surface area contributed by atoms with Crippen LogP contribution in [0.3, 0.4) is 0 Å². The fourth-order valence-electron chi connectivity index (χ4n) is 4.18. The monoisotopic (exact) mass is 370 g/mol. The lowest BCUT2D eigenvalue weighted by atomic mass is 9.94. The maximum absolute atomic E-state index is 13.2. The minimum atomic E-state index is -0.440. The Balaban J connectivity index is 1.82. The normalized spacial score (nSPS) is 21.4. The third-order valence-corrected chi connectivity index (χ3v) is 5.55. The molecule has 1 aromatic rings. The van der Waals surface area contributed by atoms with Crippen molar-refractivity contribution in [2.24, 2.45) is 11.7 Å². The molecule has 0 unspecified atom stereocenters. The highest BCUT2D eigenvalue weighted by Crippen LogP contribution is 2.30. The van der Waals surface area contributed by atoms with Crippen molar-refractivity contribution < 1.29 is 9.59 Å². The van der Waals surface area contributed by atoms with Gasteiger partial charge < -0.3 is 10.6 Å². The predicted octanol–water partition coefficient (Wildman–Crippen LogP) is 3.13. The number of amidine groups is 1. The molecule has 3 N–H and O–H groups in total. The van der Waals surface area contributed by atoms with Crippen LogP contribution in [0.1, 0.15) is 57.1 Å². The Morgan fingerprint density at radius 2 is 1.78 bits per heavy atom. The van der Waals surface area contributed by atoms with Crippen LogP contribution in [0, 0.1) is 11.3 Å². The molecular weight excluding hydrogens is 340 g/mol. The number of carbonyl (C=O) groups excluding carboxylic acids is 2. The Kier molecular flexibility index (Phi) is 5.82. The zero-order chi connectivity index (χ0) is 19.6. The van der Waals surface area contributed by atoms with Crippen molar-refractivity contribution in [3.05, 3.63) is 35.4 Å². The maximum atomic E-state index is 13.2. The molecule has 1 saturated carbocycles. The third kappa shape index (κ3) is 4.15. The molecular formula is C21H30N4O2. The fourth-order valence-corrected chi connectivity index (χ4v) is 4.18. The second-order valence-corrected chi connectivity index (χ2v) is 8.16. The van der Waals surface area contributed by atoms with Gasteiger partial charge in [0, 0.05) is 24.6 Å². The van der Waals surface area contributed by atoms with Crippen LogP contribution in [0.4, 0.5) is 4.79 Å². The summed E-state index contributed by atoms with van der Waals surface area (Å²) in [4.78, 5) is 29.6. The van der Waals surface area contributed by atoms with E-state index in [1.807, 2.05) is 12.1 Å². The number of hydrogen-bond acceptors (Lipinski definition) is 3. The summed E-state index contributed by atoms with van der Waals surface area (Å²) in [7, 11) is 0. The summed E-state index contributed by atoms with van der Waals surface area (Å²) >= 11 is 0. The number of nitrogens with zero attached hydrogens (tertiary/aromatic N) is 2. The molecule has 0 radical (unpaired) electrons. The summed E-state index contributed by atoms with van der Waals surface area (Å²) in [5, 5.41) is 7.50. The average Bonchev–Trinajstić information content (AvgIpc) is 2.86. The van der Waals surface area contributed by atoms with E-state index in [1.165, 1.54) is 6.42 Å². The largest absolute Gasteiger partial charge is 0.384 e. The summed E-state index contributed by atoms with van der Waals surface area (Å²) < 4.78 is 0. The van der Waals surface area contributed by atoms with Gasteiger partial charge in [-0.3, -0.25) is 15.1 Å². The molecule has 3 amide bonds. The van der Waals surface area contributed by atoms with E-state index < -0.39 is 6.04 Å². The summed E-state index contributed by atoms with van der Waals surface area (Å²) in [6.07, 6.45) is 5.71. The first kappa shape index (κ1) is 19.4. The standard InChI is InChI=1S/C21H30N4O2/c1-14(2)13-24-18(12-15-8-10-16(11-9-15)19(22)23)20(26)25(21(24)27)17-6-4-3-5-7-17/h8-11,14,17-18H,3-7,12-13H2,1-2H3,(H3,22,23)/t18-/m0/s1. The molecule has 0 bridgehead atoms. The quantitative estimate of drug-likeness (QED) is 0.458. The van der Waals surface area contributed by atoms with E-state index in [2.05, 4.69) is 13.8 Å². The van der Waals surface area contributed by atoms with Crippen molar-refractivity contribution >= 4 is 17.8 Å². The van der Waals surface area contributed by atoms with E-state index in [1.54, 1.807) is 21.9 Å². The number of urea groups is 1. The lowest BCUT2D eigenvalue weighted by molar-refractivity contribution is -0.130. The van der Waals surface area contributed by atoms with Gasteiger partial charge in [0.15, 0.2) is 0 Å². The highest BCUT2D eigenvalue weighted by molar-refractivity contribution is 6.04. The predicted molar refractivity (Wildman–Crippen MR) is 106 cm³/mol. The Morgan fingerprint density at radius 3 is 2.33 bits per heavy atom. The summed E-state index contributed by atoms with van der Waals surface area (Å²) in [6, 6.07) is 6.88. The molecule has 2 fully saturated rings. The molecule has 6 nitrogen and oxygen atoms in total. The van der Waals surface area contributed by atoms with Gasteiger partial charge in [0.1, 0.15) is 11.9 Å². The summed E-state index contributed by atoms with van der Waals surface area (Å²) in [5.74, 6) is 0.275. The van der Waals surface area contributed by atoms with E-state index in [0.717, 1.165) is 31.2 Å². The molecule has 0 aromatic heterocycles. The van der Waals surface area contributed by atoms with Crippen LogP contribution in [0.25, 0.3) is 0 Å². The number of imide groups is 1. The molecule has 1 aliphatic heterocycles. The number of rotatable bonds is 6. The molecule has 1 heterocycles. The number of carbonyl (C=O) groups is 2. The molecule has 1 aromatic carbocycles. The molecule has 0 spiro atoms. The van der Waals surface area contributed by atoms with E-state index in [4.69, 9.17) is 11.1 Å². The molecule has 1 aliphatic carbocycles. The minimum absolute atomic E-state index is 0.0265. The van der Waals surface area contributed by atoms with Crippen LogP contribution >= 0.6 is 0 Å². The molecule has 1 atom stereocenters. The van der Waals surface area contributed by atoms with E-state index in [-0.39, 0.29) is 23.8 Å². The summed E-state index contributed by atoms with van der Waals surface area (Å²) in [5.41, 5.74) is 7.15. The van der Waals surface area contributed by atoms with E-state index in [0.29, 0.717) is 24.4 Å². The van der Waals surface area contributed by atoms with Crippen molar-refractivity contribution in [2.75, 3.05) is 6.54 Å². The highest BCUT2D eigenvalue weighted by atomic mass is 16.2. The lowest BCUT2D eigenvalue weighted by Gasteiger charge is -2.29. The number of nitrogen functional groups attached to an aromatic ring is 1. The van der Waals surface area contributed by atoms with Crippen LogP contribution < -0.4 is 5.73 Å². The SMILES string of the molecule is CC(C)CN1C(=O)N(C2CCCCC2)C(=O)[C@@H]1Cc1ccc(C(=N)N)cc1. The van der Waals surface area contributed by atoms with Crippen LogP contribution in [-0.2, 0) is 11.2 Å². The van der Waals surface area contributed by atoms with Gasteiger partial charge in [0.2, 0.25) is 0 Å². The Hall–Kier alpha value is -2.37. The minimum Gasteiger partial charge on any atom is -0.384 e. The van der Waals surface area contributed by atoms with Crippen molar-refractivity contribution in [1.29, 1.82) is 5.41 Å². The smallest absolute Gasteiger partial charge is 0.327 e. The van der Waals surface area contributed by atoms with Crippen molar-refractivity contribution in [3.8, 4) is 0 Å². The van der Waals surface area contributed by atoms with Gasteiger partial charge in [-0.15, -0.1) is 0 Å². The first-order chi connectivity index (χ1) is 12.9. The first-order valence-electron chi connectivity index (χ1n) is 9.95. The van der Waals surface area contributed by atoms with Crippen LogP contribution in [0.15, 0.2) is 24.3 Å². The van der Waals surface area contributed by atoms with E-state index >= 15 is 0 Å². The van der Waals surface area contributed by atoms with E-state index in [9.17, 15) is 9.59 Å². The molecule has 146 valence electrons. The number of amides is 3. The summed E-state index contributed by atoms with van der Waals surface area (Å²) in [6.45, 7) is 4.73. The zero-order valence-corrected chi connectivity index (χ0v) is 16.3. The lowest BCUT2D eigenvalue weighted by Crippen LogP contribution is -2.42. The van der Waals surface area contributed by atoms with Gasteiger partial charge in [0.05, 0.1) is 0 Å². The van der Waals surface area contributed by atoms with Gasteiger partial charge in [-0.25, -0.2) is 4.79 Å². The number of nitrogens with one attached hydrogen (secondary N) is 1.